The van der Waals surface area contributed by atoms with Gasteiger partial charge in [-0.1, -0.05) is 17.7 Å². The van der Waals surface area contributed by atoms with Crippen LogP contribution in [0.25, 0.3) is 0 Å². The van der Waals surface area contributed by atoms with Gasteiger partial charge in [-0.2, -0.15) is 0 Å². The van der Waals surface area contributed by atoms with Crippen molar-refractivity contribution in [2.24, 2.45) is 10.2 Å². The number of rotatable bonds is 3. The summed E-state index contributed by atoms with van der Waals surface area (Å²) in [5, 5.41) is 9.16. The van der Waals surface area contributed by atoms with Crippen LogP contribution in [0.4, 0.5) is 17.1 Å². The minimum Gasteiger partial charge on any atom is -0.377 e. The van der Waals surface area contributed by atoms with Gasteiger partial charge in [-0.3, -0.25) is 0 Å². The van der Waals surface area contributed by atoms with Crippen LogP contribution in [0.2, 0.25) is 0 Å². The first-order valence-corrected chi connectivity index (χ1v) is 8.00. The second-order valence-corrected chi connectivity index (χ2v) is 6.65. The molecule has 0 spiro atoms. The van der Waals surface area contributed by atoms with E-state index < -0.39 is 0 Å². The predicted octanol–water partition coefficient (Wildman–Crippen LogP) is 6.02. The molecule has 2 rings (SSSR count). The summed E-state index contributed by atoms with van der Waals surface area (Å²) in [4.78, 5) is 2.14. The van der Waals surface area contributed by atoms with Crippen LogP contribution in [0.3, 0.4) is 0 Å². The first kappa shape index (κ1) is 17.2. The van der Waals surface area contributed by atoms with E-state index in [2.05, 4.69) is 89.0 Å². The maximum absolute atomic E-state index is 4.59. The lowest BCUT2D eigenvalue weighted by Gasteiger charge is -2.19. The van der Waals surface area contributed by atoms with Crippen molar-refractivity contribution in [3.8, 4) is 0 Å². The van der Waals surface area contributed by atoms with Crippen LogP contribution >= 0.6 is 0 Å². The molecule has 23 heavy (non-hydrogen) atoms. The molecule has 0 aliphatic carbocycles. The third-order valence-corrected chi connectivity index (χ3v) is 4.40. The molecule has 0 heterocycles. The van der Waals surface area contributed by atoms with E-state index in [0.29, 0.717) is 0 Å². The largest absolute Gasteiger partial charge is 0.377 e. The Balaban J connectivity index is 2.51. The quantitative estimate of drug-likeness (QED) is 0.637. The number of hydrogen-bond acceptors (Lipinski definition) is 3. The van der Waals surface area contributed by atoms with Crippen LogP contribution in [0.15, 0.2) is 28.4 Å². The lowest BCUT2D eigenvalue weighted by molar-refractivity contribution is 1.08. The van der Waals surface area contributed by atoms with Crippen molar-refractivity contribution >= 4 is 17.1 Å². The van der Waals surface area contributed by atoms with Crippen molar-refractivity contribution in [1.82, 2.24) is 0 Å². The van der Waals surface area contributed by atoms with E-state index in [-0.39, 0.29) is 0 Å². The Labute approximate surface area is 140 Å². The molecule has 0 saturated carbocycles. The fraction of sp³-hybridized carbons (Fsp3) is 0.400. The van der Waals surface area contributed by atoms with Gasteiger partial charge in [0.15, 0.2) is 0 Å². The third kappa shape index (κ3) is 3.44. The van der Waals surface area contributed by atoms with Gasteiger partial charge >= 0.3 is 0 Å². The summed E-state index contributed by atoms with van der Waals surface area (Å²) in [7, 11) is 4.14. The number of azo groups is 1. The molecule has 0 aliphatic rings. The minimum atomic E-state index is 0.976. The summed E-state index contributed by atoms with van der Waals surface area (Å²) in [6, 6.07) is 6.49. The molecule has 0 amide bonds. The summed E-state index contributed by atoms with van der Waals surface area (Å²) in [6.07, 6.45) is 0. The molecule has 2 aromatic rings. The first-order chi connectivity index (χ1) is 10.7. The van der Waals surface area contributed by atoms with E-state index in [0.717, 1.165) is 16.9 Å². The number of benzene rings is 2. The van der Waals surface area contributed by atoms with E-state index in [1.54, 1.807) is 0 Å². The molecule has 0 aliphatic heterocycles. The number of aryl methyl sites for hydroxylation is 4. The van der Waals surface area contributed by atoms with Crippen molar-refractivity contribution in [1.29, 1.82) is 0 Å². The van der Waals surface area contributed by atoms with E-state index in [9.17, 15) is 0 Å². The minimum absolute atomic E-state index is 0.976. The second-order valence-electron chi connectivity index (χ2n) is 6.65. The summed E-state index contributed by atoms with van der Waals surface area (Å²) in [5.74, 6) is 0. The van der Waals surface area contributed by atoms with Gasteiger partial charge in [0.25, 0.3) is 0 Å². The molecule has 122 valence electrons. The molecule has 0 fully saturated rings. The molecule has 0 radical (unpaired) electrons. The van der Waals surface area contributed by atoms with Gasteiger partial charge < -0.3 is 4.90 Å². The smallest absolute Gasteiger partial charge is 0.0919 e. The number of nitrogens with zero attached hydrogens (tertiary/aromatic N) is 3. The Morgan fingerprint density at radius 1 is 0.652 bits per heavy atom. The molecule has 3 nitrogen and oxygen atoms in total. The highest BCUT2D eigenvalue weighted by molar-refractivity contribution is 5.67. The highest BCUT2D eigenvalue weighted by Crippen LogP contribution is 2.35. The molecule has 0 unspecified atom stereocenters. The molecule has 0 saturated heterocycles. The Bertz CT molecular complexity index is 748. The Kier molecular flexibility index (Phi) is 4.88. The van der Waals surface area contributed by atoms with Gasteiger partial charge in [0.1, 0.15) is 0 Å². The molecule has 0 aromatic heterocycles. The number of anilines is 1. The van der Waals surface area contributed by atoms with Crippen LogP contribution in [0.5, 0.6) is 0 Å². The molecular formula is C20H27N3. The lowest BCUT2D eigenvalue weighted by Crippen LogP contribution is -2.11. The monoisotopic (exact) mass is 309 g/mol. The van der Waals surface area contributed by atoms with Crippen molar-refractivity contribution in [2.75, 3.05) is 19.0 Å². The zero-order chi connectivity index (χ0) is 17.3. The van der Waals surface area contributed by atoms with Gasteiger partial charge in [-0.25, -0.2) is 0 Å². The Morgan fingerprint density at radius 3 is 1.65 bits per heavy atom. The molecule has 3 heteroatoms. The maximum Gasteiger partial charge on any atom is 0.0919 e. The molecule has 0 atom stereocenters. The SMILES string of the molecule is Cc1cc(C)c(N=Nc2c(C)cc(N(C)C)c(C)c2C)c(C)c1. The summed E-state index contributed by atoms with van der Waals surface area (Å²) in [5.41, 5.74) is 10.4. The normalized spacial score (nSPS) is 11.3. The highest BCUT2D eigenvalue weighted by Gasteiger charge is 2.11. The summed E-state index contributed by atoms with van der Waals surface area (Å²) >= 11 is 0. The van der Waals surface area contributed by atoms with E-state index >= 15 is 0 Å². The van der Waals surface area contributed by atoms with E-state index in [1.165, 1.54) is 33.5 Å². The van der Waals surface area contributed by atoms with Crippen molar-refractivity contribution < 1.29 is 0 Å². The standard InChI is InChI=1S/C20H27N3/c1-12-9-13(2)19(14(3)10-12)21-22-20-15(4)11-18(23(7)8)16(5)17(20)6/h9-11H,1-8H3. The third-order valence-electron chi connectivity index (χ3n) is 4.40. The van der Waals surface area contributed by atoms with Crippen molar-refractivity contribution in [3.05, 3.63) is 51.6 Å². The lowest BCUT2D eigenvalue weighted by atomic mass is 10.0. The fourth-order valence-corrected chi connectivity index (χ4v) is 3.10. The van der Waals surface area contributed by atoms with E-state index in [4.69, 9.17) is 0 Å². The van der Waals surface area contributed by atoms with Crippen LogP contribution in [0, 0.1) is 41.5 Å². The topological polar surface area (TPSA) is 28.0 Å². The van der Waals surface area contributed by atoms with Crippen LogP contribution in [0.1, 0.15) is 33.4 Å². The summed E-state index contributed by atoms with van der Waals surface area (Å²) < 4.78 is 0. The van der Waals surface area contributed by atoms with Gasteiger partial charge in [-0.15, -0.1) is 10.2 Å². The average molecular weight is 309 g/mol. The molecule has 2 aromatic carbocycles. The zero-order valence-electron chi connectivity index (χ0n) is 15.6. The highest BCUT2D eigenvalue weighted by atomic mass is 15.1. The van der Waals surface area contributed by atoms with Gasteiger partial charge in [-0.05, 0) is 75.4 Å². The predicted molar refractivity (Wildman–Crippen MR) is 99.8 cm³/mol. The fourth-order valence-electron chi connectivity index (χ4n) is 3.10. The Hall–Kier alpha value is -2.16. The average Bonchev–Trinajstić information content (AvgIpc) is 2.44. The first-order valence-electron chi connectivity index (χ1n) is 8.00. The molecule has 0 bridgehead atoms. The van der Waals surface area contributed by atoms with Crippen molar-refractivity contribution in [2.45, 2.75) is 41.5 Å². The van der Waals surface area contributed by atoms with Gasteiger partial charge in [0.2, 0.25) is 0 Å². The summed E-state index contributed by atoms with van der Waals surface area (Å²) in [6.45, 7) is 12.7. The van der Waals surface area contributed by atoms with Crippen LogP contribution in [-0.2, 0) is 0 Å². The second kappa shape index (κ2) is 6.53. The molecular weight excluding hydrogens is 282 g/mol. The maximum atomic E-state index is 4.59. The van der Waals surface area contributed by atoms with Crippen LogP contribution < -0.4 is 4.90 Å². The van der Waals surface area contributed by atoms with Gasteiger partial charge in [0, 0.05) is 19.8 Å². The van der Waals surface area contributed by atoms with E-state index in [1.807, 2.05) is 0 Å². The van der Waals surface area contributed by atoms with Crippen molar-refractivity contribution in [3.63, 3.8) is 0 Å². The van der Waals surface area contributed by atoms with Crippen LogP contribution in [-0.4, -0.2) is 14.1 Å². The molecule has 0 N–H and O–H groups in total. The number of hydrogen-bond donors (Lipinski definition) is 0. The zero-order valence-corrected chi connectivity index (χ0v) is 15.6. The van der Waals surface area contributed by atoms with Gasteiger partial charge in [0.05, 0.1) is 11.4 Å². The Morgan fingerprint density at radius 2 is 1.13 bits per heavy atom.